The smallest absolute Gasteiger partial charge is 0.322 e. The summed E-state index contributed by atoms with van der Waals surface area (Å²) in [6.45, 7) is 1.58. The quantitative estimate of drug-likeness (QED) is 0.518. The minimum atomic E-state index is -0.495. The summed E-state index contributed by atoms with van der Waals surface area (Å²) >= 11 is 0. The second kappa shape index (κ2) is 4.87. The molecular weight excluding hydrogens is 130 g/mol. The topological polar surface area (TPSA) is 52.3 Å². The first-order valence-electron chi connectivity index (χ1n) is 2.02. The molecule has 0 radical (unpaired) electrons. The van der Waals surface area contributed by atoms with Gasteiger partial charge in [0.05, 0.1) is 7.11 Å². The van der Waals surface area contributed by atoms with Crippen LogP contribution in [0.25, 0.3) is 0 Å². The van der Waals surface area contributed by atoms with Crippen molar-refractivity contribution in [3.63, 3.8) is 0 Å². The zero-order chi connectivity index (χ0) is 5.86. The Kier molecular flexibility index (Phi) is 6.48. The number of esters is 1. The van der Waals surface area contributed by atoms with E-state index < -0.39 is 6.04 Å². The van der Waals surface area contributed by atoms with Gasteiger partial charge in [-0.25, -0.2) is 0 Å². The maximum atomic E-state index is 10.2. The van der Waals surface area contributed by atoms with E-state index in [4.69, 9.17) is 5.73 Å². The summed E-state index contributed by atoms with van der Waals surface area (Å²) in [6.07, 6.45) is 0. The van der Waals surface area contributed by atoms with E-state index in [1.807, 2.05) is 0 Å². The van der Waals surface area contributed by atoms with Crippen molar-refractivity contribution in [1.29, 1.82) is 0 Å². The molecule has 8 heavy (non-hydrogen) atoms. The molecule has 0 rings (SSSR count). The van der Waals surface area contributed by atoms with E-state index in [1.54, 1.807) is 6.92 Å². The molecular formula is C4H10ClNO2. The summed E-state index contributed by atoms with van der Waals surface area (Å²) in [5, 5.41) is 0. The first-order chi connectivity index (χ1) is 3.18. The van der Waals surface area contributed by atoms with E-state index in [-0.39, 0.29) is 18.4 Å². The van der Waals surface area contributed by atoms with E-state index in [0.29, 0.717) is 0 Å². The van der Waals surface area contributed by atoms with Gasteiger partial charge in [0.2, 0.25) is 0 Å². The van der Waals surface area contributed by atoms with Crippen LogP contribution >= 0.6 is 12.4 Å². The minimum absolute atomic E-state index is 0. The van der Waals surface area contributed by atoms with Crippen molar-refractivity contribution in [2.45, 2.75) is 13.0 Å². The fourth-order valence-electron chi connectivity index (χ4n) is 0.186. The van der Waals surface area contributed by atoms with Gasteiger partial charge in [-0.1, -0.05) is 0 Å². The van der Waals surface area contributed by atoms with Crippen molar-refractivity contribution in [1.82, 2.24) is 0 Å². The lowest BCUT2D eigenvalue weighted by molar-refractivity contribution is -0.141. The summed E-state index contributed by atoms with van der Waals surface area (Å²) in [6, 6.07) is -0.495. The van der Waals surface area contributed by atoms with Crippen LogP contribution in [0.5, 0.6) is 0 Å². The van der Waals surface area contributed by atoms with Crippen LogP contribution in [0, 0.1) is 0 Å². The lowest BCUT2D eigenvalue weighted by Crippen LogP contribution is -2.27. The number of halogens is 1. The molecule has 0 aliphatic heterocycles. The molecule has 0 aromatic carbocycles. The van der Waals surface area contributed by atoms with E-state index in [0.717, 1.165) is 0 Å². The highest BCUT2D eigenvalue weighted by molar-refractivity contribution is 5.85. The molecule has 50 valence electrons. The Balaban J connectivity index is 0. The number of rotatable bonds is 1. The van der Waals surface area contributed by atoms with Crippen molar-refractivity contribution in [2.24, 2.45) is 5.73 Å². The van der Waals surface area contributed by atoms with E-state index in [1.165, 1.54) is 7.11 Å². The molecule has 0 saturated heterocycles. The van der Waals surface area contributed by atoms with Crippen molar-refractivity contribution < 1.29 is 9.53 Å². The number of hydrogen-bond donors (Lipinski definition) is 1. The molecule has 0 bridgehead atoms. The van der Waals surface area contributed by atoms with Gasteiger partial charge in [-0.15, -0.1) is 12.4 Å². The number of ether oxygens (including phenoxy) is 1. The van der Waals surface area contributed by atoms with Crippen LogP contribution in [0.4, 0.5) is 0 Å². The van der Waals surface area contributed by atoms with E-state index in [2.05, 4.69) is 4.74 Å². The first-order valence-corrected chi connectivity index (χ1v) is 2.02. The molecule has 0 aromatic heterocycles. The maximum absolute atomic E-state index is 10.2. The van der Waals surface area contributed by atoms with Crippen molar-refractivity contribution in [3.05, 3.63) is 0 Å². The molecule has 0 amide bonds. The van der Waals surface area contributed by atoms with E-state index >= 15 is 0 Å². The minimum Gasteiger partial charge on any atom is -0.468 e. The predicted octanol–water partition coefficient (Wildman–Crippen LogP) is -0.0716. The van der Waals surface area contributed by atoms with Gasteiger partial charge >= 0.3 is 5.97 Å². The van der Waals surface area contributed by atoms with Crippen LogP contribution < -0.4 is 5.73 Å². The lowest BCUT2D eigenvalue weighted by atomic mass is 10.4. The molecule has 0 aliphatic carbocycles. The molecule has 0 heterocycles. The van der Waals surface area contributed by atoms with Gasteiger partial charge < -0.3 is 10.5 Å². The van der Waals surface area contributed by atoms with Crippen LogP contribution in [-0.2, 0) is 9.53 Å². The van der Waals surface area contributed by atoms with Gasteiger partial charge in [0, 0.05) is 0 Å². The summed E-state index contributed by atoms with van der Waals surface area (Å²) in [5.74, 6) is -0.375. The number of carbonyl (C=O) groups excluding carboxylic acids is 1. The first kappa shape index (κ1) is 10.7. The van der Waals surface area contributed by atoms with Crippen LogP contribution in [0.15, 0.2) is 0 Å². The van der Waals surface area contributed by atoms with Gasteiger partial charge in [0.25, 0.3) is 0 Å². The molecule has 3 nitrogen and oxygen atoms in total. The van der Waals surface area contributed by atoms with E-state index in [9.17, 15) is 4.79 Å². The monoisotopic (exact) mass is 139 g/mol. The zero-order valence-electron chi connectivity index (χ0n) is 4.88. The molecule has 1 unspecified atom stereocenters. The number of carbonyl (C=O) groups is 1. The highest BCUT2D eigenvalue weighted by atomic mass is 35.5. The summed E-state index contributed by atoms with van der Waals surface area (Å²) < 4.78 is 4.25. The maximum Gasteiger partial charge on any atom is 0.322 e. The summed E-state index contributed by atoms with van der Waals surface area (Å²) in [5.41, 5.74) is 5.07. The molecule has 1 atom stereocenters. The van der Waals surface area contributed by atoms with Crippen molar-refractivity contribution in [3.8, 4) is 0 Å². The Morgan fingerprint density at radius 3 is 2.12 bits per heavy atom. The average molecular weight is 140 g/mol. The Morgan fingerprint density at radius 2 is 2.12 bits per heavy atom. The van der Waals surface area contributed by atoms with Crippen LogP contribution in [0.3, 0.4) is 0 Å². The fourth-order valence-corrected chi connectivity index (χ4v) is 0.186. The number of methoxy groups -OCH3 is 1. The third-order valence-corrected chi connectivity index (χ3v) is 0.573. The Bertz CT molecular complexity index is 74.4. The number of nitrogens with two attached hydrogens (primary N) is 1. The van der Waals surface area contributed by atoms with Crippen LogP contribution in [-0.4, -0.2) is 19.1 Å². The molecule has 2 N–H and O–H groups in total. The highest BCUT2D eigenvalue weighted by Crippen LogP contribution is 1.76. The summed E-state index contributed by atoms with van der Waals surface area (Å²) in [7, 11) is 1.31. The van der Waals surface area contributed by atoms with Gasteiger partial charge in [-0.3, -0.25) is 4.79 Å². The predicted molar refractivity (Wildman–Crippen MR) is 32.9 cm³/mol. The van der Waals surface area contributed by atoms with Crippen molar-refractivity contribution in [2.75, 3.05) is 7.11 Å². The molecule has 0 aromatic rings. The third-order valence-electron chi connectivity index (χ3n) is 0.573. The van der Waals surface area contributed by atoms with Crippen LogP contribution in [0.2, 0.25) is 0 Å². The van der Waals surface area contributed by atoms with Gasteiger partial charge in [0.1, 0.15) is 6.04 Å². The highest BCUT2D eigenvalue weighted by Gasteiger charge is 2.03. The van der Waals surface area contributed by atoms with Crippen molar-refractivity contribution >= 4 is 18.4 Å². The van der Waals surface area contributed by atoms with Crippen LogP contribution in [0.1, 0.15) is 6.92 Å². The second-order valence-corrected chi connectivity index (χ2v) is 1.31. The fraction of sp³-hybridized carbons (Fsp3) is 0.750. The largest absolute Gasteiger partial charge is 0.468 e. The molecule has 0 saturated carbocycles. The second-order valence-electron chi connectivity index (χ2n) is 1.31. The average Bonchev–Trinajstić information content (AvgIpc) is 1.65. The Hall–Kier alpha value is -0.280. The Morgan fingerprint density at radius 1 is 1.75 bits per heavy atom. The Labute approximate surface area is 54.6 Å². The molecule has 4 heteroatoms. The molecule has 0 spiro atoms. The SMILES string of the molecule is COC(=O)C(C)N.Cl. The lowest BCUT2D eigenvalue weighted by Gasteiger charge is -1.98. The normalized spacial score (nSPS) is 11.4. The number of hydrogen-bond acceptors (Lipinski definition) is 3. The van der Waals surface area contributed by atoms with Gasteiger partial charge in [-0.2, -0.15) is 0 Å². The standard InChI is InChI=1S/C4H9NO2.ClH/c1-3(5)4(6)7-2;/h3H,5H2,1-2H3;1H. The molecule has 0 aliphatic rings. The van der Waals surface area contributed by atoms with Gasteiger partial charge in [0.15, 0.2) is 0 Å². The molecule has 0 fully saturated rings. The third kappa shape index (κ3) is 3.89. The summed E-state index contributed by atoms with van der Waals surface area (Å²) in [4.78, 5) is 10.2. The zero-order valence-corrected chi connectivity index (χ0v) is 5.70. The van der Waals surface area contributed by atoms with Gasteiger partial charge in [-0.05, 0) is 6.92 Å².